The normalized spacial score (nSPS) is 28.2. The summed E-state index contributed by atoms with van der Waals surface area (Å²) in [6.07, 6.45) is -10.9. The molecule has 0 aromatic carbocycles. The van der Waals surface area contributed by atoms with E-state index in [2.05, 4.69) is 25.4 Å². The number of rotatable bonds is 8. The van der Waals surface area contributed by atoms with E-state index in [-0.39, 0.29) is 4.64 Å². The number of aliphatic hydroxyl groups excluding tert-OH is 1. The summed E-state index contributed by atoms with van der Waals surface area (Å²) >= 11 is 4.67. The predicted molar refractivity (Wildman–Crippen MR) is 95.2 cm³/mol. The maximum Gasteiger partial charge on any atom is 0.490 e. The van der Waals surface area contributed by atoms with Crippen LogP contribution in [0.5, 0.6) is 0 Å². The molecule has 1 aliphatic rings. The lowest BCUT2D eigenvalue weighted by molar-refractivity contribution is -0.211. The van der Waals surface area contributed by atoms with Crippen molar-refractivity contribution in [1.82, 2.24) is 9.55 Å². The number of nitrogens with one attached hydrogen (secondary N) is 1. The van der Waals surface area contributed by atoms with Gasteiger partial charge in [-0.2, -0.15) is 21.8 Å². The predicted octanol–water partition coefficient (Wildman–Crippen LogP) is 0.686. The number of aromatic nitrogens is 2. The summed E-state index contributed by atoms with van der Waals surface area (Å²) in [4.78, 5) is 49.3. The third-order valence-electron chi connectivity index (χ3n) is 3.69. The highest BCUT2D eigenvalue weighted by atomic mass is 32.1. The summed E-state index contributed by atoms with van der Waals surface area (Å²) < 4.78 is 90.3. The van der Waals surface area contributed by atoms with Crippen molar-refractivity contribution in [1.29, 1.82) is 0 Å². The Hall–Kier alpha value is -0.780. The number of phosphoric ester groups is 1. The van der Waals surface area contributed by atoms with Crippen LogP contribution in [0.15, 0.2) is 17.1 Å². The van der Waals surface area contributed by atoms with Gasteiger partial charge in [0.25, 0.3) is 0 Å². The first-order valence-corrected chi connectivity index (χ1v) is 12.7. The zero-order valence-corrected chi connectivity index (χ0v) is 18.5. The van der Waals surface area contributed by atoms with Gasteiger partial charge in [0, 0.05) is 6.20 Å². The number of ether oxygens (including phenoxy) is 1. The van der Waals surface area contributed by atoms with Gasteiger partial charge in [-0.25, -0.2) is 18.5 Å². The van der Waals surface area contributed by atoms with E-state index in [1.54, 1.807) is 0 Å². The first kappa shape index (κ1) is 27.5. The van der Waals surface area contributed by atoms with Gasteiger partial charge in [0.15, 0.2) is 6.23 Å². The summed E-state index contributed by atoms with van der Waals surface area (Å²) in [6.45, 7) is -1.36. The van der Waals surface area contributed by atoms with Crippen molar-refractivity contribution in [2.75, 3.05) is 6.61 Å². The molecular formula is C10H14F3N2O13P3S. The van der Waals surface area contributed by atoms with Gasteiger partial charge in [0.05, 0.1) is 12.7 Å². The van der Waals surface area contributed by atoms with Crippen LogP contribution in [0.3, 0.4) is 0 Å². The topological polar surface area (TPSA) is 227 Å². The minimum atomic E-state index is -5.87. The van der Waals surface area contributed by atoms with E-state index in [0.29, 0.717) is 4.57 Å². The second-order valence-electron chi connectivity index (χ2n) is 6.03. The molecule has 0 radical (unpaired) electrons. The molecule has 1 fully saturated rings. The van der Waals surface area contributed by atoms with Gasteiger partial charge >= 0.3 is 35.3 Å². The minimum Gasteiger partial charge on any atom is -0.389 e. The summed E-state index contributed by atoms with van der Waals surface area (Å²) in [5.41, 5.74) is -1.13. The molecule has 2 rings (SSSR count). The lowest BCUT2D eigenvalue weighted by Gasteiger charge is -2.24. The highest BCUT2D eigenvalue weighted by Gasteiger charge is 2.58. The second kappa shape index (κ2) is 9.46. The lowest BCUT2D eigenvalue weighted by atomic mass is 9.99. The molecule has 184 valence electrons. The van der Waals surface area contributed by atoms with Crippen molar-refractivity contribution in [2.24, 2.45) is 5.92 Å². The van der Waals surface area contributed by atoms with Crippen molar-refractivity contribution in [2.45, 2.75) is 24.6 Å². The van der Waals surface area contributed by atoms with Crippen LogP contribution in [0.25, 0.3) is 0 Å². The number of aromatic amines is 1. The molecule has 6 atom stereocenters. The van der Waals surface area contributed by atoms with E-state index in [1.165, 1.54) is 0 Å². The molecule has 32 heavy (non-hydrogen) atoms. The number of H-pyrrole nitrogens is 1. The molecule has 1 aromatic heterocycles. The first-order valence-electron chi connectivity index (χ1n) is 7.81. The molecule has 2 heterocycles. The highest BCUT2D eigenvalue weighted by Crippen LogP contribution is 2.66. The van der Waals surface area contributed by atoms with Gasteiger partial charge < -0.3 is 29.4 Å². The van der Waals surface area contributed by atoms with Crippen LogP contribution < -0.4 is 5.69 Å². The highest BCUT2D eigenvalue weighted by molar-refractivity contribution is 7.71. The third kappa shape index (κ3) is 7.36. The quantitative estimate of drug-likeness (QED) is 0.193. The number of hydrogen-bond acceptors (Lipinski definition) is 10. The molecule has 0 bridgehead atoms. The Kier molecular flexibility index (Phi) is 8.12. The van der Waals surface area contributed by atoms with Crippen molar-refractivity contribution in [3.63, 3.8) is 0 Å². The number of halogens is 3. The lowest BCUT2D eigenvalue weighted by Crippen LogP contribution is -2.40. The molecule has 0 saturated carbocycles. The van der Waals surface area contributed by atoms with Crippen LogP contribution in [0.2, 0.25) is 0 Å². The maximum atomic E-state index is 13.5. The van der Waals surface area contributed by atoms with Gasteiger partial charge in [-0.15, -0.1) is 0 Å². The van der Waals surface area contributed by atoms with Crippen LogP contribution in [0.4, 0.5) is 13.2 Å². The van der Waals surface area contributed by atoms with Gasteiger partial charge in [-0.1, -0.05) is 12.2 Å². The monoisotopic (exact) mass is 552 g/mol. The third-order valence-corrected chi connectivity index (χ3v) is 7.73. The fourth-order valence-electron chi connectivity index (χ4n) is 2.57. The Morgan fingerprint density at radius 1 is 1.16 bits per heavy atom. The molecule has 1 saturated heterocycles. The number of aliphatic hydroxyl groups is 1. The number of nitrogens with zero attached hydrogens (tertiary/aromatic N) is 1. The molecule has 6 N–H and O–H groups in total. The van der Waals surface area contributed by atoms with E-state index in [0.717, 1.165) is 12.3 Å². The Bertz CT molecular complexity index is 1100. The van der Waals surface area contributed by atoms with E-state index < -0.39 is 66.3 Å². The molecule has 1 aromatic rings. The molecule has 15 nitrogen and oxygen atoms in total. The van der Waals surface area contributed by atoms with Crippen LogP contribution in [0, 0.1) is 10.6 Å². The van der Waals surface area contributed by atoms with Crippen LogP contribution in [0.1, 0.15) is 6.23 Å². The molecule has 3 unspecified atom stereocenters. The van der Waals surface area contributed by atoms with Crippen molar-refractivity contribution < 1.29 is 69.4 Å². The number of hydrogen-bond donors (Lipinski definition) is 6. The van der Waals surface area contributed by atoms with E-state index in [4.69, 9.17) is 19.4 Å². The van der Waals surface area contributed by atoms with Crippen LogP contribution in [-0.2, 0) is 31.6 Å². The van der Waals surface area contributed by atoms with Gasteiger partial charge in [0.2, 0.25) is 0 Å². The molecule has 0 spiro atoms. The Morgan fingerprint density at radius 3 is 2.25 bits per heavy atom. The van der Waals surface area contributed by atoms with E-state index in [1.807, 2.05) is 4.98 Å². The standard InChI is InChI=1S/C10H14F3N2O13P3S/c11-10(12,13)6-7(16)4(26-8(6)15-2-1-5(32)14-9(15)17)3-25-30(21,22)28-31(23,24)27-29(18,19)20/h1-2,4,6-8,16H,3H2,(H,21,22)(H,23,24)(H,14,17,32)(H2,18,19,20)/t4-,6?,7+,8-/m1/s1. The summed E-state index contributed by atoms with van der Waals surface area (Å²) in [5, 5.41) is 10.0. The van der Waals surface area contributed by atoms with Crippen LogP contribution >= 0.6 is 35.7 Å². The molecular weight excluding hydrogens is 538 g/mol. The van der Waals surface area contributed by atoms with E-state index in [9.17, 15) is 41.7 Å². The van der Waals surface area contributed by atoms with Crippen LogP contribution in [-0.4, -0.2) is 59.2 Å². The Labute approximate surface area is 179 Å². The summed E-state index contributed by atoms with van der Waals surface area (Å²) in [7, 11) is -17.2. The zero-order valence-electron chi connectivity index (χ0n) is 15.0. The van der Waals surface area contributed by atoms with Gasteiger partial charge in [0.1, 0.15) is 16.7 Å². The fourth-order valence-corrected chi connectivity index (χ4v) is 5.75. The molecule has 22 heteroatoms. The van der Waals surface area contributed by atoms with Crippen molar-refractivity contribution in [3.05, 3.63) is 27.4 Å². The average molecular weight is 552 g/mol. The summed E-state index contributed by atoms with van der Waals surface area (Å²) in [6, 6.07) is 1.05. The minimum absolute atomic E-state index is 0.113. The van der Waals surface area contributed by atoms with Crippen molar-refractivity contribution in [3.8, 4) is 0 Å². The van der Waals surface area contributed by atoms with E-state index >= 15 is 0 Å². The molecule has 1 aliphatic heterocycles. The van der Waals surface area contributed by atoms with Gasteiger partial charge in [-0.05, 0) is 6.07 Å². The Morgan fingerprint density at radius 2 is 1.75 bits per heavy atom. The maximum absolute atomic E-state index is 13.5. The molecule has 0 amide bonds. The Balaban J connectivity index is 2.21. The summed E-state index contributed by atoms with van der Waals surface area (Å²) in [5.74, 6) is -2.72. The van der Waals surface area contributed by atoms with Crippen molar-refractivity contribution >= 4 is 35.7 Å². The average Bonchev–Trinajstić information content (AvgIpc) is 2.86. The molecule has 0 aliphatic carbocycles. The van der Waals surface area contributed by atoms with Gasteiger partial charge in [-0.3, -0.25) is 14.1 Å². The first-order chi connectivity index (χ1) is 14.3. The number of phosphoric acid groups is 3. The fraction of sp³-hybridized carbons (Fsp3) is 0.600. The SMILES string of the molecule is O=c1[nH]c(=S)ccn1[C@@H]1O[C@H](COP(=O)(O)OP(=O)(O)OP(=O)(O)O)[C@H](O)C1C(F)(F)F. The second-order valence-corrected chi connectivity index (χ2v) is 10.9. The smallest absolute Gasteiger partial charge is 0.389 e. The largest absolute Gasteiger partial charge is 0.490 e. The number of alkyl halides is 3. The zero-order chi connectivity index (χ0) is 24.7.